The molecular formula is C11H18F3N3. The number of aromatic nitrogens is 2. The minimum Gasteiger partial charge on any atom is -0.308 e. The first-order valence-electron chi connectivity index (χ1n) is 5.73. The van der Waals surface area contributed by atoms with Crippen LogP contribution in [-0.2, 0) is 13.1 Å². The van der Waals surface area contributed by atoms with Gasteiger partial charge in [-0.1, -0.05) is 6.92 Å². The van der Waals surface area contributed by atoms with Crippen LogP contribution in [0.2, 0.25) is 0 Å². The fraction of sp³-hybridized carbons (Fsp3) is 0.727. The summed E-state index contributed by atoms with van der Waals surface area (Å²) in [6.07, 6.45) is -2.31. The van der Waals surface area contributed by atoms with Gasteiger partial charge in [-0.2, -0.15) is 18.3 Å². The molecule has 0 fully saturated rings. The minimum absolute atomic E-state index is 0.414. The molecule has 0 bridgehead atoms. The maximum atomic E-state index is 12.1. The smallest absolute Gasteiger partial charge is 0.308 e. The Morgan fingerprint density at radius 2 is 2.18 bits per heavy atom. The van der Waals surface area contributed by atoms with Crippen molar-refractivity contribution in [1.82, 2.24) is 15.1 Å². The number of alkyl halides is 3. The van der Waals surface area contributed by atoms with E-state index >= 15 is 0 Å². The van der Waals surface area contributed by atoms with Crippen molar-refractivity contribution < 1.29 is 13.2 Å². The topological polar surface area (TPSA) is 29.9 Å². The fourth-order valence-corrected chi connectivity index (χ4v) is 1.62. The van der Waals surface area contributed by atoms with Crippen molar-refractivity contribution >= 4 is 0 Å². The summed E-state index contributed by atoms with van der Waals surface area (Å²) >= 11 is 0. The summed E-state index contributed by atoms with van der Waals surface area (Å²) in [4.78, 5) is 0. The predicted octanol–water partition coefficient (Wildman–Crippen LogP) is 2.72. The third-order valence-electron chi connectivity index (χ3n) is 2.41. The molecule has 1 unspecified atom stereocenters. The van der Waals surface area contributed by atoms with Gasteiger partial charge in [0, 0.05) is 25.3 Å². The van der Waals surface area contributed by atoms with Gasteiger partial charge in [-0.25, -0.2) is 0 Å². The van der Waals surface area contributed by atoms with E-state index in [0.29, 0.717) is 6.54 Å². The molecule has 0 aliphatic heterocycles. The molecule has 1 rings (SSSR count). The summed E-state index contributed by atoms with van der Waals surface area (Å²) in [7, 11) is 0. The number of aryl methyl sites for hydroxylation is 1. The number of rotatable bonds is 6. The molecule has 0 amide bonds. The average molecular weight is 249 g/mol. The Balaban J connectivity index is 2.41. The Hall–Kier alpha value is -1.04. The summed E-state index contributed by atoms with van der Waals surface area (Å²) in [5.74, 6) is 0. The Morgan fingerprint density at radius 3 is 2.76 bits per heavy atom. The Labute approximate surface area is 99.0 Å². The second-order valence-electron chi connectivity index (χ2n) is 4.15. The maximum Gasteiger partial charge on any atom is 0.390 e. The van der Waals surface area contributed by atoms with Crippen LogP contribution >= 0.6 is 0 Å². The second-order valence-corrected chi connectivity index (χ2v) is 4.15. The molecule has 0 aromatic carbocycles. The molecule has 0 radical (unpaired) electrons. The largest absolute Gasteiger partial charge is 0.390 e. The lowest BCUT2D eigenvalue weighted by molar-refractivity contribution is -0.139. The number of nitrogens with zero attached hydrogens (tertiary/aromatic N) is 2. The van der Waals surface area contributed by atoms with Crippen LogP contribution in [0.15, 0.2) is 12.3 Å². The van der Waals surface area contributed by atoms with Gasteiger partial charge in [-0.05, 0) is 19.4 Å². The summed E-state index contributed by atoms with van der Waals surface area (Å²) in [5.41, 5.74) is 0.917. The molecule has 1 aromatic heterocycles. The van der Waals surface area contributed by atoms with Crippen LogP contribution in [-0.4, -0.2) is 22.0 Å². The molecule has 17 heavy (non-hydrogen) atoms. The molecule has 0 aliphatic rings. The minimum atomic E-state index is -4.12. The maximum absolute atomic E-state index is 12.1. The number of hydrogen-bond donors (Lipinski definition) is 1. The van der Waals surface area contributed by atoms with Crippen LogP contribution in [0.4, 0.5) is 13.2 Å². The van der Waals surface area contributed by atoms with E-state index in [1.54, 1.807) is 6.20 Å². The highest BCUT2D eigenvalue weighted by Crippen LogP contribution is 2.21. The second kappa shape index (κ2) is 6.05. The molecule has 1 N–H and O–H groups in total. The third kappa shape index (κ3) is 5.21. The van der Waals surface area contributed by atoms with E-state index in [1.807, 2.05) is 17.7 Å². The van der Waals surface area contributed by atoms with Crippen LogP contribution < -0.4 is 5.32 Å². The van der Waals surface area contributed by atoms with Crippen molar-refractivity contribution in [3.8, 4) is 0 Å². The molecule has 6 heteroatoms. The zero-order chi connectivity index (χ0) is 12.9. The van der Waals surface area contributed by atoms with Gasteiger partial charge in [0.15, 0.2) is 0 Å². The van der Waals surface area contributed by atoms with E-state index in [1.165, 1.54) is 6.92 Å². The van der Waals surface area contributed by atoms with Crippen LogP contribution in [0.25, 0.3) is 0 Å². The SMILES string of the molecule is CCCn1nccc1CNC(C)CC(F)(F)F. The average Bonchev–Trinajstić information content (AvgIpc) is 2.60. The Bertz CT molecular complexity index is 333. The van der Waals surface area contributed by atoms with E-state index in [4.69, 9.17) is 0 Å². The Morgan fingerprint density at radius 1 is 1.47 bits per heavy atom. The van der Waals surface area contributed by atoms with Gasteiger partial charge >= 0.3 is 6.18 Å². The van der Waals surface area contributed by atoms with E-state index in [9.17, 15) is 13.2 Å². The third-order valence-corrected chi connectivity index (χ3v) is 2.41. The Kier molecular flexibility index (Phi) is 4.99. The van der Waals surface area contributed by atoms with E-state index in [-0.39, 0.29) is 0 Å². The molecular weight excluding hydrogens is 231 g/mol. The van der Waals surface area contributed by atoms with Crippen LogP contribution in [0.1, 0.15) is 32.4 Å². The van der Waals surface area contributed by atoms with E-state index in [0.717, 1.165) is 18.7 Å². The van der Waals surface area contributed by atoms with Gasteiger partial charge in [0.05, 0.1) is 12.1 Å². The van der Waals surface area contributed by atoms with Gasteiger partial charge in [0.1, 0.15) is 0 Å². The quantitative estimate of drug-likeness (QED) is 0.840. The molecule has 3 nitrogen and oxygen atoms in total. The van der Waals surface area contributed by atoms with Crippen molar-refractivity contribution in [3.63, 3.8) is 0 Å². The summed E-state index contributed by atoms with van der Waals surface area (Å²) in [5, 5.41) is 6.97. The summed E-state index contributed by atoms with van der Waals surface area (Å²) in [6.45, 7) is 4.77. The standard InChI is InChI=1S/C11H18F3N3/c1-3-6-17-10(4-5-16-17)8-15-9(2)7-11(12,13)14/h4-5,9,15H,3,6-8H2,1-2H3. The fourth-order valence-electron chi connectivity index (χ4n) is 1.62. The zero-order valence-corrected chi connectivity index (χ0v) is 10.1. The molecule has 0 spiro atoms. The van der Waals surface area contributed by atoms with Gasteiger partial charge in [0.25, 0.3) is 0 Å². The monoisotopic (exact) mass is 249 g/mol. The number of halogens is 3. The first-order chi connectivity index (χ1) is 7.92. The van der Waals surface area contributed by atoms with E-state index < -0.39 is 18.6 Å². The van der Waals surface area contributed by atoms with Crippen molar-refractivity contribution in [1.29, 1.82) is 0 Å². The molecule has 1 heterocycles. The van der Waals surface area contributed by atoms with Crippen LogP contribution in [0.3, 0.4) is 0 Å². The summed E-state index contributed by atoms with van der Waals surface area (Å²) < 4.78 is 38.2. The number of hydrogen-bond acceptors (Lipinski definition) is 2. The predicted molar refractivity (Wildman–Crippen MR) is 59.5 cm³/mol. The van der Waals surface area contributed by atoms with Crippen molar-refractivity contribution in [2.75, 3.05) is 0 Å². The first kappa shape index (κ1) is 14.0. The molecule has 98 valence electrons. The van der Waals surface area contributed by atoms with Crippen molar-refractivity contribution in [2.45, 2.75) is 52.0 Å². The number of nitrogens with one attached hydrogen (secondary N) is 1. The van der Waals surface area contributed by atoms with Crippen molar-refractivity contribution in [3.05, 3.63) is 18.0 Å². The van der Waals surface area contributed by atoms with Crippen molar-refractivity contribution in [2.24, 2.45) is 0 Å². The molecule has 0 saturated heterocycles. The van der Waals surface area contributed by atoms with Gasteiger partial charge in [-0.15, -0.1) is 0 Å². The lowest BCUT2D eigenvalue weighted by Gasteiger charge is -2.16. The normalized spacial score (nSPS) is 13.9. The highest BCUT2D eigenvalue weighted by Gasteiger charge is 2.29. The molecule has 0 aliphatic carbocycles. The summed E-state index contributed by atoms with van der Waals surface area (Å²) in [6, 6.07) is 1.24. The van der Waals surface area contributed by atoms with Gasteiger partial charge < -0.3 is 5.32 Å². The van der Waals surface area contributed by atoms with Crippen LogP contribution in [0, 0.1) is 0 Å². The van der Waals surface area contributed by atoms with Gasteiger partial charge in [0.2, 0.25) is 0 Å². The van der Waals surface area contributed by atoms with E-state index in [2.05, 4.69) is 10.4 Å². The van der Waals surface area contributed by atoms with Gasteiger partial charge in [-0.3, -0.25) is 4.68 Å². The molecule has 0 saturated carbocycles. The first-order valence-corrected chi connectivity index (χ1v) is 5.73. The molecule has 1 aromatic rings. The highest BCUT2D eigenvalue weighted by atomic mass is 19.4. The highest BCUT2D eigenvalue weighted by molar-refractivity contribution is 5.00. The zero-order valence-electron chi connectivity index (χ0n) is 10.1. The van der Waals surface area contributed by atoms with Crippen LogP contribution in [0.5, 0.6) is 0 Å². The molecule has 1 atom stereocenters. The lowest BCUT2D eigenvalue weighted by atomic mass is 10.2. The lowest BCUT2D eigenvalue weighted by Crippen LogP contribution is -2.31.